The smallest absolute Gasteiger partial charge is 0.217 e. The van der Waals surface area contributed by atoms with Crippen molar-refractivity contribution in [3.8, 4) is 17.3 Å². The molecule has 4 aromatic rings. The quantitative estimate of drug-likeness (QED) is 0.481. The molecule has 0 fully saturated rings. The summed E-state index contributed by atoms with van der Waals surface area (Å²) in [4.78, 5) is 12.7. The van der Waals surface area contributed by atoms with E-state index in [1.807, 2.05) is 28.8 Å². The second-order valence-electron chi connectivity index (χ2n) is 5.20. The topological polar surface area (TPSA) is 91.8 Å². The molecule has 130 valence electrons. The van der Waals surface area contributed by atoms with Crippen molar-refractivity contribution in [3.05, 3.63) is 60.9 Å². The first-order valence-electron chi connectivity index (χ1n) is 7.74. The van der Waals surface area contributed by atoms with Crippen LogP contribution in [0.2, 0.25) is 0 Å². The molecule has 0 amide bonds. The van der Waals surface area contributed by atoms with Crippen molar-refractivity contribution in [2.24, 2.45) is 0 Å². The van der Waals surface area contributed by atoms with E-state index in [0.29, 0.717) is 28.6 Å². The molecular weight excluding hydrogens is 352 g/mol. The summed E-state index contributed by atoms with van der Waals surface area (Å²) in [6.07, 6.45) is 6.75. The maximum absolute atomic E-state index is 5.49. The van der Waals surface area contributed by atoms with Crippen LogP contribution in [0.5, 0.6) is 5.88 Å². The standard InChI is InChI=1S/C17H14N6O2S/c1-24-14-6-8-19-16(20-14)26-17-22-21-15(12-4-2-7-18-10-12)23(17)11-13-5-3-9-25-13/h2-10H,11H2,1H3. The first kappa shape index (κ1) is 16.3. The van der Waals surface area contributed by atoms with Crippen LogP contribution in [0.15, 0.2) is 69.9 Å². The Bertz CT molecular complexity index is 988. The average Bonchev–Trinajstić information content (AvgIpc) is 3.34. The van der Waals surface area contributed by atoms with Crippen LogP contribution in [0.1, 0.15) is 5.76 Å². The molecule has 0 aliphatic heterocycles. The monoisotopic (exact) mass is 366 g/mol. The molecule has 0 unspecified atom stereocenters. The Morgan fingerprint density at radius 3 is 2.88 bits per heavy atom. The Morgan fingerprint density at radius 2 is 2.12 bits per heavy atom. The van der Waals surface area contributed by atoms with Gasteiger partial charge in [-0.05, 0) is 36.0 Å². The Morgan fingerprint density at radius 1 is 1.15 bits per heavy atom. The van der Waals surface area contributed by atoms with Gasteiger partial charge in [0.05, 0.1) is 19.9 Å². The fourth-order valence-electron chi connectivity index (χ4n) is 2.34. The SMILES string of the molecule is COc1ccnc(Sc2nnc(-c3cccnc3)n2Cc2ccco2)n1. The highest BCUT2D eigenvalue weighted by molar-refractivity contribution is 7.99. The summed E-state index contributed by atoms with van der Waals surface area (Å²) in [6.45, 7) is 0.483. The van der Waals surface area contributed by atoms with E-state index in [-0.39, 0.29) is 0 Å². The molecule has 4 heterocycles. The van der Waals surface area contributed by atoms with E-state index in [1.165, 1.54) is 11.8 Å². The third kappa shape index (κ3) is 3.42. The molecule has 0 N–H and O–H groups in total. The predicted molar refractivity (Wildman–Crippen MR) is 93.8 cm³/mol. The molecule has 26 heavy (non-hydrogen) atoms. The predicted octanol–water partition coefficient (Wildman–Crippen LogP) is 2.93. The lowest BCUT2D eigenvalue weighted by Gasteiger charge is -2.08. The molecule has 0 saturated heterocycles. The van der Waals surface area contributed by atoms with Crippen LogP contribution in [0.25, 0.3) is 11.4 Å². The van der Waals surface area contributed by atoms with Crippen LogP contribution in [0, 0.1) is 0 Å². The second-order valence-corrected chi connectivity index (χ2v) is 6.13. The van der Waals surface area contributed by atoms with Crippen molar-refractivity contribution in [2.45, 2.75) is 16.9 Å². The minimum atomic E-state index is 0.483. The number of hydrogen-bond acceptors (Lipinski definition) is 8. The third-order valence-electron chi connectivity index (χ3n) is 3.53. The maximum atomic E-state index is 5.49. The number of rotatable bonds is 6. The highest BCUT2D eigenvalue weighted by Crippen LogP contribution is 2.28. The van der Waals surface area contributed by atoms with E-state index in [9.17, 15) is 0 Å². The third-order valence-corrected chi connectivity index (χ3v) is 4.39. The Balaban J connectivity index is 1.72. The summed E-state index contributed by atoms with van der Waals surface area (Å²) in [7, 11) is 1.57. The normalized spacial score (nSPS) is 10.8. The average molecular weight is 366 g/mol. The Hall–Kier alpha value is -3.20. The number of aromatic nitrogens is 6. The zero-order chi connectivity index (χ0) is 17.8. The van der Waals surface area contributed by atoms with Crippen molar-refractivity contribution < 1.29 is 9.15 Å². The van der Waals surface area contributed by atoms with Gasteiger partial charge in [-0.15, -0.1) is 10.2 Å². The van der Waals surface area contributed by atoms with Gasteiger partial charge in [-0.3, -0.25) is 9.55 Å². The molecule has 9 heteroatoms. The molecule has 0 aromatic carbocycles. The van der Waals surface area contributed by atoms with Gasteiger partial charge in [-0.25, -0.2) is 4.98 Å². The zero-order valence-corrected chi connectivity index (χ0v) is 14.6. The fraction of sp³-hybridized carbons (Fsp3) is 0.118. The van der Waals surface area contributed by atoms with Gasteiger partial charge < -0.3 is 9.15 Å². The van der Waals surface area contributed by atoms with Crippen LogP contribution >= 0.6 is 11.8 Å². The van der Waals surface area contributed by atoms with Gasteiger partial charge >= 0.3 is 0 Å². The summed E-state index contributed by atoms with van der Waals surface area (Å²) < 4.78 is 12.6. The molecule has 0 atom stereocenters. The van der Waals surface area contributed by atoms with Crippen LogP contribution in [0.3, 0.4) is 0 Å². The summed E-state index contributed by atoms with van der Waals surface area (Å²) >= 11 is 1.31. The first-order chi connectivity index (χ1) is 12.8. The summed E-state index contributed by atoms with van der Waals surface area (Å²) in [5.41, 5.74) is 0.866. The highest BCUT2D eigenvalue weighted by atomic mass is 32.2. The van der Waals surface area contributed by atoms with Crippen LogP contribution in [0.4, 0.5) is 0 Å². The Labute approximate surface area is 153 Å². The van der Waals surface area contributed by atoms with E-state index in [0.717, 1.165) is 11.3 Å². The van der Waals surface area contributed by atoms with Gasteiger partial charge in [0.1, 0.15) is 5.76 Å². The minimum Gasteiger partial charge on any atom is -0.481 e. The molecule has 0 saturated carbocycles. The van der Waals surface area contributed by atoms with E-state index in [4.69, 9.17) is 9.15 Å². The molecule has 8 nitrogen and oxygen atoms in total. The summed E-state index contributed by atoms with van der Waals surface area (Å²) in [5.74, 6) is 1.98. The van der Waals surface area contributed by atoms with Crippen molar-refractivity contribution in [2.75, 3.05) is 7.11 Å². The molecule has 0 radical (unpaired) electrons. The van der Waals surface area contributed by atoms with Crippen molar-refractivity contribution in [3.63, 3.8) is 0 Å². The molecule has 0 aliphatic carbocycles. The lowest BCUT2D eigenvalue weighted by molar-refractivity contribution is 0.392. The van der Waals surface area contributed by atoms with Crippen molar-refractivity contribution >= 4 is 11.8 Å². The summed E-state index contributed by atoms with van der Waals surface area (Å²) in [6, 6.07) is 9.25. The maximum Gasteiger partial charge on any atom is 0.217 e. The van der Waals surface area contributed by atoms with E-state index in [2.05, 4.69) is 25.1 Å². The molecule has 0 spiro atoms. The lowest BCUT2D eigenvalue weighted by atomic mass is 10.2. The molecular formula is C17H14N6O2S. The number of furan rings is 1. The summed E-state index contributed by atoms with van der Waals surface area (Å²) in [5, 5.41) is 9.81. The van der Waals surface area contributed by atoms with Crippen LogP contribution < -0.4 is 4.74 Å². The van der Waals surface area contributed by atoms with E-state index < -0.39 is 0 Å². The number of pyridine rings is 1. The largest absolute Gasteiger partial charge is 0.481 e. The fourth-order valence-corrected chi connectivity index (χ4v) is 3.10. The zero-order valence-electron chi connectivity index (χ0n) is 13.8. The number of methoxy groups -OCH3 is 1. The lowest BCUT2D eigenvalue weighted by Crippen LogP contribution is -2.04. The van der Waals surface area contributed by atoms with E-state index >= 15 is 0 Å². The van der Waals surface area contributed by atoms with Gasteiger partial charge in [-0.1, -0.05) is 0 Å². The number of hydrogen-bond donors (Lipinski definition) is 0. The van der Waals surface area contributed by atoms with Gasteiger partial charge in [0, 0.05) is 30.2 Å². The molecule has 0 aliphatic rings. The van der Waals surface area contributed by atoms with Crippen LogP contribution in [-0.4, -0.2) is 36.8 Å². The minimum absolute atomic E-state index is 0.483. The number of ether oxygens (including phenoxy) is 1. The Kier molecular flexibility index (Phi) is 4.61. The van der Waals surface area contributed by atoms with Crippen molar-refractivity contribution in [1.82, 2.24) is 29.7 Å². The second kappa shape index (κ2) is 7.36. The first-order valence-corrected chi connectivity index (χ1v) is 8.56. The van der Waals surface area contributed by atoms with Gasteiger partial charge in [-0.2, -0.15) is 4.98 Å². The number of nitrogens with zero attached hydrogens (tertiary/aromatic N) is 6. The van der Waals surface area contributed by atoms with Crippen LogP contribution in [-0.2, 0) is 6.54 Å². The molecule has 4 aromatic heterocycles. The highest BCUT2D eigenvalue weighted by Gasteiger charge is 2.17. The van der Waals surface area contributed by atoms with Crippen molar-refractivity contribution in [1.29, 1.82) is 0 Å². The molecule has 4 rings (SSSR count). The van der Waals surface area contributed by atoms with Gasteiger partial charge in [0.15, 0.2) is 16.1 Å². The molecule has 0 bridgehead atoms. The van der Waals surface area contributed by atoms with Gasteiger partial charge in [0.2, 0.25) is 5.88 Å². The van der Waals surface area contributed by atoms with E-state index in [1.54, 1.807) is 38.0 Å². The van der Waals surface area contributed by atoms with Gasteiger partial charge in [0.25, 0.3) is 0 Å².